The molecule has 2 N–H and O–H groups in total. The molecule has 26 heavy (non-hydrogen) atoms. The summed E-state index contributed by atoms with van der Waals surface area (Å²) in [6.07, 6.45) is 12.1. The number of hydrogen-bond donors (Lipinski definition) is 2. The first-order valence-corrected chi connectivity index (χ1v) is 10.1. The Labute approximate surface area is 176 Å². The number of nitrogens with one attached hydrogen (secondary N) is 2. The topological polar surface area (TPSA) is 67.1 Å². The maximum atomic E-state index is 4.69. The third kappa shape index (κ3) is 8.22. The van der Waals surface area contributed by atoms with Crippen molar-refractivity contribution in [3.63, 3.8) is 0 Å². The van der Waals surface area contributed by atoms with Gasteiger partial charge in [0.2, 0.25) is 0 Å². The number of hydrogen-bond acceptors (Lipinski definition) is 3. The van der Waals surface area contributed by atoms with E-state index in [1.54, 1.807) is 0 Å². The number of aromatic nitrogens is 3. The molecule has 1 heterocycles. The number of halogens is 1. The number of aryl methyl sites for hydroxylation is 1. The van der Waals surface area contributed by atoms with Gasteiger partial charge in [-0.2, -0.15) is 0 Å². The lowest BCUT2D eigenvalue weighted by molar-refractivity contribution is 0.472. The lowest BCUT2D eigenvalue weighted by atomic mass is 10.0. The second kappa shape index (κ2) is 13.3. The Hall–Kier alpha value is -0.860. The molecule has 2 rings (SSSR count). The fraction of sp³-hybridized carbons (Fsp3) is 0.842. The van der Waals surface area contributed by atoms with Crippen molar-refractivity contribution in [3.8, 4) is 0 Å². The van der Waals surface area contributed by atoms with Gasteiger partial charge in [0.1, 0.15) is 12.4 Å². The molecule has 150 valence electrons. The molecule has 0 aliphatic heterocycles. The molecule has 1 fully saturated rings. The fourth-order valence-electron chi connectivity index (χ4n) is 3.36. The summed E-state index contributed by atoms with van der Waals surface area (Å²) in [6.45, 7) is 6.67. The zero-order valence-electron chi connectivity index (χ0n) is 16.8. The van der Waals surface area contributed by atoms with Crippen LogP contribution in [0.2, 0.25) is 0 Å². The molecule has 0 aromatic carbocycles. The van der Waals surface area contributed by atoms with E-state index in [2.05, 4.69) is 32.7 Å². The molecule has 0 radical (unpaired) electrons. The van der Waals surface area contributed by atoms with Gasteiger partial charge in [-0.05, 0) is 25.7 Å². The van der Waals surface area contributed by atoms with E-state index in [1.807, 2.05) is 18.5 Å². The van der Waals surface area contributed by atoms with Crippen LogP contribution in [0.25, 0.3) is 0 Å². The maximum Gasteiger partial charge on any atom is 0.191 e. The zero-order valence-corrected chi connectivity index (χ0v) is 19.1. The summed E-state index contributed by atoms with van der Waals surface area (Å²) in [7, 11) is 1.99. The van der Waals surface area contributed by atoms with Gasteiger partial charge in [-0.15, -0.1) is 34.2 Å². The summed E-state index contributed by atoms with van der Waals surface area (Å²) in [4.78, 5) is 4.69. The highest BCUT2D eigenvalue weighted by Gasteiger charge is 2.13. The van der Waals surface area contributed by atoms with Crippen molar-refractivity contribution < 1.29 is 0 Å². The predicted molar refractivity (Wildman–Crippen MR) is 119 cm³/mol. The molecule has 1 aromatic rings. The summed E-state index contributed by atoms with van der Waals surface area (Å²) in [6, 6.07) is 0. The van der Waals surface area contributed by atoms with Crippen LogP contribution in [-0.4, -0.2) is 33.8 Å². The van der Waals surface area contributed by atoms with Crippen LogP contribution in [0.1, 0.15) is 76.4 Å². The first-order valence-electron chi connectivity index (χ1n) is 10.1. The van der Waals surface area contributed by atoms with Gasteiger partial charge in [0.05, 0.1) is 0 Å². The summed E-state index contributed by atoms with van der Waals surface area (Å²) in [5, 5.41) is 15.2. The molecule has 0 atom stereocenters. The van der Waals surface area contributed by atoms with E-state index in [1.165, 1.54) is 51.4 Å². The van der Waals surface area contributed by atoms with E-state index >= 15 is 0 Å². The summed E-state index contributed by atoms with van der Waals surface area (Å²) in [5.74, 6) is 3.71. The van der Waals surface area contributed by atoms with Gasteiger partial charge >= 0.3 is 0 Å². The number of nitrogens with zero attached hydrogens (tertiary/aromatic N) is 4. The Morgan fingerprint density at radius 3 is 2.42 bits per heavy atom. The van der Waals surface area contributed by atoms with Crippen LogP contribution in [0, 0.1) is 12.8 Å². The highest BCUT2D eigenvalue weighted by atomic mass is 127. The Morgan fingerprint density at radius 2 is 1.81 bits per heavy atom. The Balaban J connectivity index is 0.00000338. The molecule has 7 heteroatoms. The number of aliphatic imine (C=N–C) groups is 1. The highest BCUT2D eigenvalue weighted by molar-refractivity contribution is 14.0. The van der Waals surface area contributed by atoms with Crippen molar-refractivity contribution in [2.45, 2.75) is 78.2 Å². The van der Waals surface area contributed by atoms with Gasteiger partial charge in [-0.1, -0.05) is 51.9 Å². The molecular weight excluding hydrogens is 439 g/mol. The van der Waals surface area contributed by atoms with E-state index < -0.39 is 0 Å². The Bertz CT molecular complexity index is 522. The molecule has 0 saturated heterocycles. The lowest BCUT2D eigenvalue weighted by Crippen LogP contribution is -2.38. The van der Waals surface area contributed by atoms with Crippen molar-refractivity contribution in [3.05, 3.63) is 11.6 Å². The number of unbranched alkanes of at least 4 members (excludes halogenated alkanes) is 2. The van der Waals surface area contributed by atoms with Crippen molar-refractivity contribution in [2.24, 2.45) is 18.0 Å². The third-order valence-electron chi connectivity index (χ3n) is 5.19. The molecule has 1 saturated carbocycles. The number of rotatable bonds is 10. The van der Waals surface area contributed by atoms with E-state index in [-0.39, 0.29) is 24.0 Å². The van der Waals surface area contributed by atoms with Crippen LogP contribution in [0.15, 0.2) is 4.99 Å². The van der Waals surface area contributed by atoms with Gasteiger partial charge in [0.25, 0.3) is 0 Å². The summed E-state index contributed by atoms with van der Waals surface area (Å²) in [5.41, 5.74) is 0. The van der Waals surface area contributed by atoms with Gasteiger partial charge in [-0.3, -0.25) is 0 Å². The molecular formula is C19H37IN6. The quantitative estimate of drug-likeness (QED) is 0.232. The summed E-state index contributed by atoms with van der Waals surface area (Å²) < 4.78 is 1.99. The minimum Gasteiger partial charge on any atom is -0.356 e. The average Bonchev–Trinajstić information content (AvgIpc) is 3.23. The normalized spacial score (nSPS) is 15.1. The predicted octanol–water partition coefficient (Wildman–Crippen LogP) is 3.94. The van der Waals surface area contributed by atoms with Crippen LogP contribution >= 0.6 is 24.0 Å². The van der Waals surface area contributed by atoms with Crippen LogP contribution in [0.4, 0.5) is 0 Å². The SMILES string of the molecule is CCCCNC(=NCc1nnc(C)n1C)NCCCCC1CCCC1.I. The van der Waals surface area contributed by atoms with Crippen LogP contribution in [0.3, 0.4) is 0 Å². The molecule has 0 unspecified atom stereocenters. The fourth-order valence-corrected chi connectivity index (χ4v) is 3.36. The van der Waals surface area contributed by atoms with E-state index in [9.17, 15) is 0 Å². The van der Waals surface area contributed by atoms with Crippen LogP contribution < -0.4 is 10.6 Å². The third-order valence-corrected chi connectivity index (χ3v) is 5.19. The van der Waals surface area contributed by atoms with Crippen LogP contribution in [-0.2, 0) is 13.6 Å². The van der Waals surface area contributed by atoms with Gasteiger partial charge in [-0.25, -0.2) is 4.99 Å². The second-order valence-electron chi connectivity index (χ2n) is 7.24. The van der Waals surface area contributed by atoms with Crippen molar-refractivity contribution in [1.82, 2.24) is 25.4 Å². The summed E-state index contributed by atoms with van der Waals surface area (Å²) >= 11 is 0. The van der Waals surface area contributed by atoms with E-state index in [0.717, 1.165) is 43.0 Å². The van der Waals surface area contributed by atoms with Gasteiger partial charge in [0.15, 0.2) is 11.8 Å². The first-order chi connectivity index (χ1) is 12.2. The maximum absolute atomic E-state index is 4.69. The van der Waals surface area contributed by atoms with Gasteiger partial charge < -0.3 is 15.2 Å². The largest absolute Gasteiger partial charge is 0.356 e. The molecule has 1 aliphatic rings. The number of guanidine groups is 1. The van der Waals surface area contributed by atoms with Crippen molar-refractivity contribution in [2.75, 3.05) is 13.1 Å². The average molecular weight is 476 g/mol. The Morgan fingerprint density at radius 1 is 1.12 bits per heavy atom. The standard InChI is InChI=1S/C19H36N6.HI/c1-4-5-13-20-19(22-15-18-24-23-16(2)25(18)3)21-14-9-8-12-17-10-6-7-11-17;/h17H,4-15H2,1-3H3,(H2,20,21,22);1H. The van der Waals surface area contributed by atoms with E-state index in [4.69, 9.17) is 0 Å². The highest BCUT2D eigenvalue weighted by Crippen LogP contribution is 2.28. The smallest absolute Gasteiger partial charge is 0.191 e. The molecule has 1 aromatic heterocycles. The lowest BCUT2D eigenvalue weighted by Gasteiger charge is -2.13. The molecule has 1 aliphatic carbocycles. The van der Waals surface area contributed by atoms with Gasteiger partial charge in [0, 0.05) is 20.1 Å². The van der Waals surface area contributed by atoms with E-state index in [0.29, 0.717) is 6.54 Å². The monoisotopic (exact) mass is 476 g/mol. The first kappa shape index (κ1) is 23.2. The molecule has 6 nitrogen and oxygen atoms in total. The molecule has 0 amide bonds. The minimum atomic E-state index is 0. The zero-order chi connectivity index (χ0) is 17.9. The molecule has 0 bridgehead atoms. The second-order valence-corrected chi connectivity index (χ2v) is 7.24. The van der Waals surface area contributed by atoms with Crippen molar-refractivity contribution >= 4 is 29.9 Å². The molecule has 0 spiro atoms. The van der Waals surface area contributed by atoms with Crippen molar-refractivity contribution in [1.29, 1.82) is 0 Å². The minimum absolute atomic E-state index is 0. The van der Waals surface area contributed by atoms with Crippen LogP contribution in [0.5, 0.6) is 0 Å². The Kier molecular flexibility index (Phi) is 11.9.